The molecular formula is C31H42N4O6S2. The molecule has 43 heavy (non-hydrogen) atoms. The van der Waals surface area contributed by atoms with Crippen LogP contribution in [0.5, 0.6) is 0 Å². The second-order valence-corrected chi connectivity index (χ2v) is 14.8. The van der Waals surface area contributed by atoms with Gasteiger partial charge in [0, 0.05) is 75.8 Å². The molecule has 0 amide bonds. The number of rotatable bonds is 13. The Kier molecular flexibility index (Phi) is 16.5. The number of Topliss-reactive ketones (excluding diaryl/α,β-unsaturated/α-hetero) is 2. The van der Waals surface area contributed by atoms with E-state index in [2.05, 4.69) is 57.5 Å². The van der Waals surface area contributed by atoms with Crippen LogP contribution in [-0.2, 0) is 29.3 Å². The molecule has 2 rings (SSSR count). The zero-order valence-electron chi connectivity index (χ0n) is 25.9. The van der Waals surface area contributed by atoms with Gasteiger partial charge in [-0.25, -0.2) is 36.8 Å². The number of hydrogen-bond acceptors (Lipinski definition) is 10. The lowest BCUT2D eigenvalue weighted by Crippen LogP contribution is -2.03. The first-order chi connectivity index (χ1) is 20.1. The van der Waals surface area contributed by atoms with Gasteiger partial charge >= 0.3 is 0 Å². The van der Waals surface area contributed by atoms with E-state index in [0.717, 1.165) is 31.8 Å². The van der Waals surface area contributed by atoms with E-state index in [1.54, 1.807) is 0 Å². The van der Waals surface area contributed by atoms with Gasteiger partial charge < -0.3 is 0 Å². The fourth-order valence-electron chi connectivity index (χ4n) is 3.35. The molecule has 0 saturated carbocycles. The van der Waals surface area contributed by atoms with Gasteiger partial charge in [0.25, 0.3) is 0 Å². The molecule has 12 heteroatoms. The predicted molar refractivity (Wildman–Crippen MR) is 165 cm³/mol. The lowest BCUT2D eigenvalue weighted by Gasteiger charge is -2.02. The third-order valence-electron chi connectivity index (χ3n) is 5.54. The molecule has 0 bridgehead atoms. The predicted octanol–water partition coefficient (Wildman–Crippen LogP) is 4.42. The van der Waals surface area contributed by atoms with Crippen LogP contribution in [0.1, 0.15) is 96.6 Å². The van der Waals surface area contributed by atoms with Crippen molar-refractivity contribution >= 4 is 31.2 Å². The highest BCUT2D eigenvalue weighted by Gasteiger charge is 2.10. The Morgan fingerprint density at radius 3 is 1.40 bits per heavy atom. The van der Waals surface area contributed by atoms with Gasteiger partial charge in [-0.3, -0.25) is 9.59 Å². The van der Waals surface area contributed by atoms with E-state index < -0.39 is 19.7 Å². The first-order valence-electron chi connectivity index (χ1n) is 14.1. The van der Waals surface area contributed by atoms with E-state index in [0.29, 0.717) is 61.5 Å². The minimum absolute atomic E-state index is 0.200. The largest absolute Gasteiger partial charge is 0.300 e. The van der Waals surface area contributed by atoms with Gasteiger partial charge in [-0.15, -0.1) is 0 Å². The maximum Gasteiger partial charge on any atom is 0.246 e. The molecule has 0 aliphatic carbocycles. The van der Waals surface area contributed by atoms with Crippen LogP contribution in [0.15, 0.2) is 35.1 Å². The third-order valence-corrected chi connectivity index (χ3v) is 7.28. The monoisotopic (exact) mass is 630 g/mol. The second kappa shape index (κ2) is 18.9. The third kappa shape index (κ3) is 17.9. The van der Waals surface area contributed by atoms with Crippen LogP contribution in [-0.4, -0.2) is 60.8 Å². The summed E-state index contributed by atoms with van der Waals surface area (Å²) in [6.07, 6.45) is 13.7. The summed E-state index contributed by atoms with van der Waals surface area (Å²) in [5, 5.41) is -0.402. The van der Waals surface area contributed by atoms with Crippen LogP contribution in [0.2, 0.25) is 0 Å². The number of hydrogen-bond donors (Lipinski definition) is 0. The molecule has 0 atom stereocenters. The Balaban J connectivity index is 0.000000430. The van der Waals surface area contributed by atoms with Crippen LogP contribution in [0.3, 0.4) is 0 Å². The average molecular weight is 631 g/mol. The highest BCUT2D eigenvalue weighted by Crippen LogP contribution is 2.08. The van der Waals surface area contributed by atoms with E-state index in [4.69, 9.17) is 0 Å². The van der Waals surface area contributed by atoms with Gasteiger partial charge in [0.2, 0.25) is 30.0 Å². The molecule has 2 aromatic heterocycles. The number of carbonyl (C=O) groups is 2. The molecule has 0 fully saturated rings. The molecular weight excluding hydrogens is 588 g/mol. The molecule has 2 heterocycles. The summed E-state index contributed by atoms with van der Waals surface area (Å²) in [6.45, 7) is 8.27. The molecule has 0 aromatic carbocycles. The van der Waals surface area contributed by atoms with E-state index in [1.165, 1.54) is 24.8 Å². The van der Waals surface area contributed by atoms with Crippen molar-refractivity contribution in [1.82, 2.24) is 19.9 Å². The van der Waals surface area contributed by atoms with Gasteiger partial charge in [0.05, 0.1) is 11.1 Å². The van der Waals surface area contributed by atoms with Gasteiger partial charge in [-0.2, -0.15) is 0 Å². The van der Waals surface area contributed by atoms with Gasteiger partial charge in [0.15, 0.2) is 0 Å². The Morgan fingerprint density at radius 1 is 0.651 bits per heavy atom. The van der Waals surface area contributed by atoms with Crippen molar-refractivity contribution in [3.05, 3.63) is 35.9 Å². The number of aromatic nitrogens is 4. The minimum Gasteiger partial charge on any atom is -0.300 e. The number of unbranched alkanes of at least 4 members (excludes halogenated alkanes) is 2. The summed E-state index contributed by atoms with van der Waals surface area (Å²) in [4.78, 5) is 38.1. The average Bonchev–Trinajstić information content (AvgIpc) is 2.91. The van der Waals surface area contributed by atoms with Crippen molar-refractivity contribution in [2.45, 2.75) is 95.8 Å². The SMILES string of the molecule is CC(C)CC(=O)CCCC#Cc1cnc(S(C)(=O)=O)nc1.CC(C)CCC(=O)CCCC#Cc1cnc(S(C)(=O)=O)nc1. The molecule has 0 radical (unpaired) electrons. The molecule has 0 aliphatic heterocycles. The van der Waals surface area contributed by atoms with Gasteiger partial charge in [-0.1, -0.05) is 51.4 Å². The Bertz CT molecular complexity index is 1530. The fraction of sp³-hybridized carbons (Fsp3) is 0.548. The lowest BCUT2D eigenvalue weighted by atomic mass is 10.0. The topological polar surface area (TPSA) is 154 Å². The summed E-state index contributed by atoms with van der Waals surface area (Å²) in [5.74, 6) is 13.1. The standard InChI is InChI=1S/C16H22N2O3S.C15H20N2O3S/c1-13(2)9-10-15(19)8-6-4-5-7-14-11-17-16(18-12-14)22(3,20)21;1-12(2)9-14(18)8-6-4-5-7-13-10-16-15(17-11-13)21(3,19)20/h11-13H,4,6,8-10H2,1-3H3;10-12H,4,6,8-9H2,1-3H3. The van der Waals surface area contributed by atoms with Crippen molar-refractivity contribution in [2.75, 3.05) is 12.5 Å². The zero-order chi connectivity index (χ0) is 32.5. The van der Waals surface area contributed by atoms with Crippen molar-refractivity contribution < 1.29 is 26.4 Å². The molecule has 234 valence electrons. The molecule has 0 aliphatic rings. The maximum atomic E-state index is 11.6. The summed E-state index contributed by atoms with van der Waals surface area (Å²) in [7, 11) is -6.75. The summed E-state index contributed by atoms with van der Waals surface area (Å²) < 4.78 is 44.8. The molecule has 0 unspecified atom stereocenters. The van der Waals surface area contributed by atoms with Crippen LogP contribution in [0.4, 0.5) is 0 Å². The van der Waals surface area contributed by atoms with Crippen molar-refractivity contribution in [3.8, 4) is 23.7 Å². The molecule has 0 saturated heterocycles. The van der Waals surface area contributed by atoms with Gasteiger partial charge in [-0.05, 0) is 31.1 Å². The van der Waals surface area contributed by atoms with Crippen molar-refractivity contribution in [2.24, 2.45) is 11.8 Å². The van der Waals surface area contributed by atoms with Crippen LogP contribution >= 0.6 is 0 Å². The molecule has 2 aromatic rings. The van der Waals surface area contributed by atoms with Crippen LogP contribution < -0.4 is 0 Å². The van der Waals surface area contributed by atoms with Crippen LogP contribution in [0, 0.1) is 35.5 Å². The summed E-state index contributed by atoms with van der Waals surface area (Å²) in [5.41, 5.74) is 1.13. The molecule has 0 N–H and O–H groups in total. The second-order valence-electron chi connectivity index (χ2n) is 11.0. The highest BCUT2D eigenvalue weighted by atomic mass is 32.2. The van der Waals surface area contributed by atoms with Crippen molar-refractivity contribution in [3.63, 3.8) is 0 Å². The smallest absolute Gasteiger partial charge is 0.246 e. The summed E-state index contributed by atoms with van der Waals surface area (Å²) >= 11 is 0. The van der Waals surface area contributed by atoms with E-state index in [-0.39, 0.29) is 21.9 Å². The lowest BCUT2D eigenvalue weighted by molar-refractivity contribution is -0.120. The minimum atomic E-state index is -3.38. The number of ketones is 2. The maximum absolute atomic E-state index is 11.6. The molecule has 10 nitrogen and oxygen atoms in total. The highest BCUT2D eigenvalue weighted by molar-refractivity contribution is 7.90. The fourth-order valence-corrected chi connectivity index (χ4v) is 4.33. The number of carbonyl (C=O) groups excluding carboxylic acids is 2. The van der Waals surface area contributed by atoms with E-state index in [9.17, 15) is 26.4 Å². The van der Waals surface area contributed by atoms with E-state index in [1.807, 2.05) is 13.8 Å². The first kappa shape index (κ1) is 37.5. The Hall–Kier alpha value is -3.48. The normalized spacial score (nSPS) is 11.1. The Labute approximate surface area is 256 Å². The van der Waals surface area contributed by atoms with Gasteiger partial charge in [0.1, 0.15) is 11.6 Å². The summed E-state index contributed by atoms with van der Waals surface area (Å²) in [6, 6.07) is 0. The van der Waals surface area contributed by atoms with Crippen LogP contribution in [0.25, 0.3) is 0 Å². The van der Waals surface area contributed by atoms with Crippen molar-refractivity contribution in [1.29, 1.82) is 0 Å². The zero-order valence-corrected chi connectivity index (χ0v) is 27.5. The Morgan fingerprint density at radius 2 is 1.05 bits per heavy atom. The van der Waals surface area contributed by atoms with E-state index >= 15 is 0 Å². The molecule has 0 spiro atoms. The number of sulfone groups is 2. The number of nitrogens with zero attached hydrogens (tertiary/aromatic N) is 4. The first-order valence-corrected chi connectivity index (χ1v) is 17.9. The quantitative estimate of drug-likeness (QED) is 0.176.